The number of carbonyl (C=O) groups excluding carboxylic acids is 1. The predicted octanol–water partition coefficient (Wildman–Crippen LogP) is 1.62. The molecule has 3 N–H and O–H groups in total. The molecule has 6 nitrogen and oxygen atoms in total. The first kappa shape index (κ1) is 12.7. The van der Waals surface area contributed by atoms with E-state index in [1.165, 1.54) is 0 Å². The van der Waals surface area contributed by atoms with E-state index in [2.05, 4.69) is 15.0 Å². The molecule has 104 valence electrons. The lowest BCUT2D eigenvalue weighted by molar-refractivity contribution is -0.140. The number of carbonyl (C=O) groups is 2. The minimum atomic E-state index is -1.57. The standard InChI is InChI=1S/C14H14N2O4/c17-13(20-14(18)19)10-7-15-6-5-9-8-3-1-2-4-11(8)16-12(9)10/h1-4,10,15-16H,5-7H2,(H,18,19). The minimum Gasteiger partial charge on any atom is -0.449 e. The SMILES string of the molecule is O=C(O)OC(=O)C1CNCCc2c1[nH]c1ccccc21. The van der Waals surface area contributed by atoms with Gasteiger partial charge in [-0.1, -0.05) is 18.2 Å². The van der Waals surface area contributed by atoms with Crippen molar-refractivity contribution >= 4 is 23.0 Å². The van der Waals surface area contributed by atoms with Crippen LogP contribution >= 0.6 is 0 Å². The molecule has 1 aliphatic rings. The van der Waals surface area contributed by atoms with Crippen molar-refractivity contribution in [3.05, 3.63) is 35.5 Å². The second-order valence-corrected chi connectivity index (χ2v) is 4.76. The fraction of sp³-hybridized carbons (Fsp3) is 0.286. The fourth-order valence-electron chi connectivity index (χ4n) is 2.71. The average Bonchev–Trinajstić information content (AvgIpc) is 2.63. The smallest absolute Gasteiger partial charge is 0.449 e. The number of H-pyrrole nitrogens is 1. The van der Waals surface area contributed by atoms with E-state index in [4.69, 9.17) is 5.11 Å². The monoisotopic (exact) mass is 274 g/mol. The summed E-state index contributed by atoms with van der Waals surface area (Å²) in [6, 6.07) is 7.80. The van der Waals surface area contributed by atoms with Gasteiger partial charge in [0.1, 0.15) is 5.92 Å². The molecule has 1 aromatic heterocycles. The van der Waals surface area contributed by atoms with E-state index in [-0.39, 0.29) is 0 Å². The number of rotatable bonds is 1. The van der Waals surface area contributed by atoms with E-state index >= 15 is 0 Å². The van der Waals surface area contributed by atoms with Crippen LogP contribution in [0.15, 0.2) is 24.3 Å². The zero-order chi connectivity index (χ0) is 14.1. The van der Waals surface area contributed by atoms with Crippen molar-refractivity contribution in [1.29, 1.82) is 0 Å². The van der Waals surface area contributed by atoms with Crippen molar-refractivity contribution in [1.82, 2.24) is 10.3 Å². The second kappa shape index (κ2) is 4.97. The molecular formula is C14H14N2O4. The maximum absolute atomic E-state index is 11.9. The van der Waals surface area contributed by atoms with Crippen LogP contribution < -0.4 is 5.32 Å². The highest BCUT2D eigenvalue weighted by Gasteiger charge is 2.30. The Balaban J connectivity index is 2.06. The summed E-state index contributed by atoms with van der Waals surface area (Å²) in [6.45, 7) is 1.11. The number of benzene rings is 1. The minimum absolute atomic E-state index is 0.367. The molecule has 6 heteroatoms. The number of para-hydroxylation sites is 1. The topological polar surface area (TPSA) is 91.4 Å². The largest absolute Gasteiger partial charge is 0.513 e. The van der Waals surface area contributed by atoms with E-state index in [0.29, 0.717) is 6.54 Å². The molecule has 0 amide bonds. The third-order valence-electron chi connectivity index (χ3n) is 3.57. The van der Waals surface area contributed by atoms with E-state index in [9.17, 15) is 9.59 Å². The van der Waals surface area contributed by atoms with Crippen LogP contribution in [0.3, 0.4) is 0 Å². The third-order valence-corrected chi connectivity index (χ3v) is 3.57. The van der Waals surface area contributed by atoms with E-state index < -0.39 is 18.0 Å². The van der Waals surface area contributed by atoms with Crippen LogP contribution in [-0.4, -0.2) is 35.3 Å². The van der Waals surface area contributed by atoms with Crippen LogP contribution in [0.25, 0.3) is 10.9 Å². The summed E-state index contributed by atoms with van der Waals surface area (Å²) in [4.78, 5) is 25.7. The number of hydrogen-bond acceptors (Lipinski definition) is 4. The molecular weight excluding hydrogens is 260 g/mol. The maximum Gasteiger partial charge on any atom is 0.513 e. The molecule has 3 rings (SSSR count). The first-order valence-electron chi connectivity index (χ1n) is 6.41. The summed E-state index contributed by atoms with van der Waals surface area (Å²) >= 11 is 0. The Morgan fingerprint density at radius 1 is 1.30 bits per heavy atom. The first-order valence-corrected chi connectivity index (χ1v) is 6.41. The highest BCUT2D eigenvalue weighted by molar-refractivity contribution is 5.91. The maximum atomic E-state index is 11.9. The number of carboxylic acid groups (broad SMARTS) is 1. The van der Waals surface area contributed by atoms with Crippen molar-refractivity contribution in [2.24, 2.45) is 0 Å². The van der Waals surface area contributed by atoms with Gasteiger partial charge >= 0.3 is 12.1 Å². The number of hydrogen-bond donors (Lipinski definition) is 3. The first-order chi connectivity index (χ1) is 9.66. The molecule has 0 radical (unpaired) electrons. The van der Waals surface area contributed by atoms with Gasteiger partial charge in [0.25, 0.3) is 0 Å². The fourth-order valence-corrected chi connectivity index (χ4v) is 2.71. The summed E-state index contributed by atoms with van der Waals surface area (Å²) < 4.78 is 4.32. The molecule has 20 heavy (non-hydrogen) atoms. The van der Waals surface area contributed by atoms with Gasteiger partial charge in [0.15, 0.2) is 0 Å². The van der Waals surface area contributed by atoms with Crippen molar-refractivity contribution in [2.75, 3.05) is 13.1 Å². The summed E-state index contributed by atoms with van der Waals surface area (Å²) in [7, 11) is 0. The zero-order valence-electron chi connectivity index (χ0n) is 10.7. The van der Waals surface area contributed by atoms with Gasteiger partial charge in [-0.2, -0.15) is 0 Å². The summed E-state index contributed by atoms with van der Waals surface area (Å²) in [5.74, 6) is -1.38. The molecule has 0 spiro atoms. The molecule has 0 fully saturated rings. The van der Waals surface area contributed by atoms with Crippen LogP contribution in [0.4, 0.5) is 4.79 Å². The molecule has 2 heterocycles. The van der Waals surface area contributed by atoms with Gasteiger partial charge in [0.2, 0.25) is 0 Å². The number of ether oxygens (including phenoxy) is 1. The van der Waals surface area contributed by atoms with Crippen molar-refractivity contribution < 1.29 is 19.4 Å². The predicted molar refractivity (Wildman–Crippen MR) is 71.7 cm³/mol. The van der Waals surface area contributed by atoms with Gasteiger partial charge in [0, 0.05) is 23.1 Å². The quantitative estimate of drug-likeness (QED) is 0.543. The van der Waals surface area contributed by atoms with E-state index in [1.807, 2.05) is 24.3 Å². The van der Waals surface area contributed by atoms with Gasteiger partial charge in [0.05, 0.1) is 0 Å². The molecule has 0 bridgehead atoms. The zero-order valence-corrected chi connectivity index (χ0v) is 10.7. The average molecular weight is 274 g/mol. The molecule has 0 saturated carbocycles. The Hall–Kier alpha value is -2.34. The van der Waals surface area contributed by atoms with E-state index in [1.54, 1.807) is 0 Å². The summed E-state index contributed by atoms with van der Waals surface area (Å²) in [6.07, 6.45) is -0.784. The van der Waals surface area contributed by atoms with Gasteiger partial charge in [-0.3, -0.25) is 4.79 Å². The lowest BCUT2D eigenvalue weighted by Gasteiger charge is -2.11. The molecule has 1 unspecified atom stereocenters. The molecule has 0 saturated heterocycles. The molecule has 2 aromatic rings. The number of aromatic nitrogens is 1. The van der Waals surface area contributed by atoms with Gasteiger partial charge < -0.3 is 20.1 Å². The van der Waals surface area contributed by atoms with Crippen molar-refractivity contribution in [3.63, 3.8) is 0 Å². The highest BCUT2D eigenvalue weighted by atomic mass is 16.7. The Kier molecular flexibility index (Phi) is 3.15. The number of fused-ring (bicyclic) bond motifs is 3. The number of nitrogens with one attached hydrogen (secondary N) is 2. The lowest BCUT2D eigenvalue weighted by Crippen LogP contribution is -2.28. The van der Waals surface area contributed by atoms with Crippen LogP contribution in [0.5, 0.6) is 0 Å². The van der Waals surface area contributed by atoms with Gasteiger partial charge in [-0.15, -0.1) is 0 Å². The van der Waals surface area contributed by atoms with Gasteiger partial charge in [-0.25, -0.2) is 4.79 Å². The molecule has 0 aliphatic carbocycles. The Bertz CT molecular complexity index is 677. The Labute approximate surface area is 114 Å². The Morgan fingerprint density at radius 3 is 2.90 bits per heavy atom. The number of aromatic amines is 1. The molecule has 1 aromatic carbocycles. The Morgan fingerprint density at radius 2 is 2.10 bits per heavy atom. The molecule has 1 atom stereocenters. The molecule has 1 aliphatic heterocycles. The normalized spacial score (nSPS) is 18.3. The van der Waals surface area contributed by atoms with Gasteiger partial charge in [-0.05, 0) is 24.6 Å². The second-order valence-electron chi connectivity index (χ2n) is 4.76. The lowest BCUT2D eigenvalue weighted by atomic mass is 10.00. The van der Waals surface area contributed by atoms with Crippen LogP contribution in [0.1, 0.15) is 17.2 Å². The number of esters is 1. The van der Waals surface area contributed by atoms with Crippen LogP contribution in [-0.2, 0) is 16.0 Å². The third kappa shape index (κ3) is 2.14. The highest BCUT2D eigenvalue weighted by Crippen LogP contribution is 2.30. The van der Waals surface area contributed by atoms with Crippen LogP contribution in [0, 0.1) is 0 Å². The summed E-state index contributed by atoms with van der Waals surface area (Å²) in [5, 5.41) is 12.8. The van der Waals surface area contributed by atoms with E-state index in [0.717, 1.165) is 35.1 Å². The summed E-state index contributed by atoms with van der Waals surface area (Å²) in [5.41, 5.74) is 2.76. The van der Waals surface area contributed by atoms with Crippen molar-refractivity contribution in [2.45, 2.75) is 12.3 Å². The van der Waals surface area contributed by atoms with Crippen LogP contribution in [0.2, 0.25) is 0 Å². The van der Waals surface area contributed by atoms with Crippen molar-refractivity contribution in [3.8, 4) is 0 Å².